The van der Waals surface area contributed by atoms with Gasteiger partial charge in [0.25, 0.3) is 0 Å². The van der Waals surface area contributed by atoms with E-state index in [1.807, 2.05) is 0 Å². The topological polar surface area (TPSA) is 26.3 Å². The summed E-state index contributed by atoms with van der Waals surface area (Å²) in [6, 6.07) is 3.18. The van der Waals surface area contributed by atoms with E-state index in [0.29, 0.717) is 30.4 Å². The zero-order valence-corrected chi connectivity index (χ0v) is 16.2. The second kappa shape index (κ2) is 9.48. The van der Waals surface area contributed by atoms with Crippen molar-refractivity contribution in [2.45, 2.75) is 64.7 Å². The van der Waals surface area contributed by atoms with Gasteiger partial charge in [0.2, 0.25) is 5.82 Å². The fourth-order valence-corrected chi connectivity index (χ4v) is 4.83. The van der Waals surface area contributed by atoms with E-state index in [0.717, 1.165) is 43.5 Å². The fraction of sp³-hybridized carbons (Fsp3) is 0.609. The lowest BCUT2D eigenvalue weighted by Crippen LogP contribution is -2.23. The zero-order valence-electron chi connectivity index (χ0n) is 16.2. The summed E-state index contributed by atoms with van der Waals surface area (Å²) in [4.78, 5) is 10.5. The third-order valence-corrected chi connectivity index (χ3v) is 6.39. The van der Waals surface area contributed by atoms with Crippen molar-refractivity contribution < 1.29 is 18.3 Å². The lowest BCUT2D eigenvalue weighted by molar-refractivity contribution is -0.108. The predicted molar refractivity (Wildman–Crippen MR) is 104 cm³/mol. The molecule has 3 rings (SSSR count). The van der Waals surface area contributed by atoms with Gasteiger partial charge in [-0.3, -0.25) is 0 Å². The van der Waals surface area contributed by atoms with Crippen molar-refractivity contribution in [2.75, 3.05) is 6.61 Å². The Kier molecular flexibility index (Phi) is 7.03. The first-order valence-corrected chi connectivity index (χ1v) is 10.4. The number of rotatable bonds is 7. The van der Waals surface area contributed by atoms with Crippen molar-refractivity contribution in [1.82, 2.24) is 0 Å². The zero-order chi connectivity index (χ0) is 19.2. The van der Waals surface area contributed by atoms with Gasteiger partial charge in [0.1, 0.15) is 6.29 Å². The number of allylic oxidation sites excluding steroid dienone is 2. The van der Waals surface area contributed by atoms with E-state index in [4.69, 9.17) is 4.74 Å². The van der Waals surface area contributed by atoms with Crippen LogP contribution in [0.15, 0.2) is 18.2 Å². The molecule has 2 nitrogen and oxygen atoms in total. The van der Waals surface area contributed by atoms with Crippen LogP contribution < -0.4 is 4.74 Å². The molecule has 0 N–H and O–H groups in total. The van der Waals surface area contributed by atoms with Crippen LogP contribution in [0.1, 0.15) is 70.3 Å². The fourth-order valence-electron chi connectivity index (χ4n) is 4.83. The van der Waals surface area contributed by atoms with Crippen molar-refractivity contribution >= 4 is 11.9 Å². The Balaban J connectivity index is 1.59. The molecule has 0 aromatic heterocycles. The third kappa shape index (κ3) is 4.77. The number of carbonyl (C=O) groups excluding carboxylic acids is 1. The van der Waals surface area contributed by atoms with E-state index in [-0.39, 0.29) is 5.75 Å². The van der Waals surface area contributed by atoms with E-state index in [1.165, 1.54) is 31.7 Å². The number of ether oxygens (including phenoxy) is 1. The summed E-state index contributed by atoms with van der Waals surface area (Å²) in [6.07, 6.45) is 12.6. The molecule has 0 spiro atoms. The van der Waals surface area contributed by atoms with E-state index in [1.54, 1.807) is 13.0 Å². The molecular formula is C23H30F2O2. The van der Waals surface area contributed by atoms with Crippen LogP contribution in [0.4, 0.5) is 8.78 Å². The molecule has 0 amide bonds. The molecule has 1 atom stereocenters. The van der Waals surface area contributed by atoms with Crippen molar-refractivity contribution in [3.8, 4) is 5.75 Å². The minimum Gasteiger partial charge on any atom is -0.491 e. The quantitative estimate of drug-likeness (QED) is 0.520. The second-order valence-electron chi connectivity index (χ2n) is 7.96. The molecule has 0 heterocycles. The number of halogens is 2. The molecule has 0 saturated heterocycles. The molecule has 2 aliphatic carbocycles. The maximum Gasteiger partial charge on any atom is 0.201 e. The van der Waals surface area contributed by atoms with Crippen LogP contribution in [-0.4, -0.2) is 12.9 Å². The van der Waals surface area contributed by atoms with Gasteiger partial charge in [-0.25, -0.2) is 4.39 Å². The Hall–Kier alpha value is -1.71. The SMILES string of the molecule is CCOc1ccc(C2=CCC(C3CCC(CCC=O)CC3)CC2)c(F)c1F. The number of benzene rings is 1. The van der Waals surface area contributed by atoms with Gasteiger partial charge in [0, 0.05) is 12.0 Å². The van der Waals surface area contributed by atoms with Gasteiger partial charge in [-0.15, -0.1) is 0 Å². The van der Waals surface area contributed by atoms with Crippen LogP contribution in [0.25, 0.3) is 5.57 Å². The second-order valence-corrected chi connectivity index (χ2v) is 7.96. The Bertz CT molecular complexity index is 675. The van der Waals surface area contributed by atoms with Crippen LogP contribution in [0.3, 0.4) is 0 Å². The first kappa shape index (κ1) is 20.0. The molecule has 1 unspecified atom stereocenters. The normalized spacial score (nSPS) is 25.7. The average molecular weight is 376 g/mol. The van der Waals surface area contributed by atoms with Gasteiger partial charge in [0.05, 0.1) is 6.61 Å². The van der Waals surface area contributed by atoms with Crippen LogP contribution in [-0.2, 0) is 4.79 Å². The van der Waals surface area contributed by atoms with Gasteiger partial charge < -0.3 is 9.53 Å². The maximum absolute atomic E-state index is 14.4. The largest absolute Gasteiger partial charge is 0.491 e. The third-order valence-electron chi connectivity index (χ3n) is 6.39. The summed E-state index contributed by atoms with van der Waals surface area (Å²) >= 11 is 0. The molecule has 148 valence electrons. The van der Waals surface area contributed by atoms with Crippen LogP contribution >= 0.6 is 0 Å². The maximum atomic E-state index is 14.4. The summed E-state index contributed by atoms with van der Waals surface area (Å²) in [7, 11) is 0. The smallest absolute Gasteiger partial charge is 0.201 e. The highest BCUT2D eigenvalue weighted by Gasteiger charge is 2.29. The standard InChI is InChI=1S/C23H30F2O2/c1-2-27-21-14-13-20(22(24)23(21)25)19-11-9-18(10-12-19)17-7-5-16(6-8-17)4-3-15-26/h11,13-18H,2-10,12H2,1H3. The summed E-state index contributed by atoms with van der Waals surface area (Å²) in [5.41, 5.74) is 1.30. The minimum atomic E-state index is -0.883. The molecule has 1 saturated carbocycles. The Morgan fingerprint density at radius 1 is 1.07 bits per heavy atom. The molecule has 0 bridgehead atoms. The molecule has 0 aliphatic heterocycles. The molecular weight excluding hydrogens is 346 g/mol. The summed E-state index contributed by atoms with van der Waals surface area (Å²) in [6.45, 7) is 2.07. The summed E-state index contributed by atoms with van der Waals surface area (Å²) in [5.74, 6) is 0.405. The first-order chi connectivity index (χ1) is 13.1. The molecule has 2 aliphatic rings. The van der Waals surface area contributed by atoms with Crippen LogP contribution in [0, 0.1) is 29.4 Å². The highest BCUT2D eigenvalue weighted by molar-refractivity contribution is 5.67. The predicted octanol–water partition coefficient (Wildman–Crippen LogP) is 6.33. The number of hydrogen-bond donors (Lipinski definition) is 0. The van der Waals surface area contributed by atoms with Gasteiger partial charge >= 0.3 is 0 Å². The average Bonchev–Trinajstić information content (AvgIpc) is 2.71. The lowest BCUT2D eigenvalue weighted by atomic mass is 9.70. The molecule has 1 aromatic carbocycles. The number of hydrogen-bond acceptors (Lipinski definition) is 2. The Morgan fingerprint density at radius 3 is 2.48 bits per heavy atom. The summed E-state index contributed by atoms with van der Waals surface area (Å²) < 4.78 is 33.7. The first-order valence-electron chi connectivity index (χ1n) is 10.4. The number of aldehydes is 1. The molecule has 4 heteroatoms. The number of carbonyl (C=O) groups is 1. The van der Waals surface area contributed by atoms with E-state index in [2.05, 4.69) is 6.08 Å². The van der Waals surface area contributed by atoms with Gasteiger partial charge in [-0.05, 0) is 80.9 Å². The van der Waals surface area contributed by atoms with Crippen LogP contribution in [0.2, 0.25) is 0 Å². The van der Waals surface area contributed by atoms with Crippen molar-refractivity contribution in [3.63, 3.8) is 0 Å². The molecule has 1 fully saturated rings. The monoisotopic (exact) mass is 376 g/mol. The van der Waals surface area contributed by atoms with Crippen LogP contribution in [0.5, 0.6) is 5.75 Å². The molecule has 1 aromatic rings. The molecule has 27 heavy (non-hydrogen) atoms. The van der Waals surface area contributed by atoms with E-state index < -0.39 is 11.6 Å². The van der Waals surface area contributed by atoms with E-state index in [9.17, 15) is 13.6 Å². The Labute approximate surface area is 161 Å². The van der Waals surface area contributed by atoms with Crippen molar-refractivity contribution in [3.05, 3.63) is 35.4 Å². The molecule has 0 radical (unpaired) electrons. The highest BCUT2D eigenvalue weighted by Crippen LogP contribution is 2.42. The minimum absolute atomic E-state index is 0.0145. The van der Waals surface area contributed by atoms with Gasteiger partial charge in [-0.1, -0.05) is 18.9 Å². The lowest BCUT2D eigenvalue weighted by Gasteiger charge is -2.35. The van der Waals surface area contributed by atoms with Crippen molar-refractivity contribution in [2.24, 2.45) is 17.8 Å². The van der Waals surface area contributed by atoms with E-state index >= 15 is 0 Å². The van der Waals surface area contributed by atoms with Crippen molar-refractivity contribution in [1.29, 1.82) is 0 Å². The van der Waals surface area contributed by atoms with Gasteiger partial charge in [-0.2, -0.15) is 4.39 Å². The highest BCUT2D eigenvalue weighted by atomic mass is 19.2. The summed E-state index contributed by atoms with van der Waals surface area (Å²) in [5, 5.41) is 0. The Morgan fingerprint density at radius 2 is 1.85 bits per heavy atom. The van der Waals surface area contributed by atoms with Gasteiger partial charge in [0.15, 0.2) is 11.6 Å².